The number of rotatable bonds is 19. The molecule has 63 heavy (non-hydrogen) atoms. The van der Waals surface area contributed by atoms with Gasteiger partial charge in [0.15, 0.2) is 0 Å². The van der Waals surface area contributed by atoms with Crippen molar-refractivity contribution in [3.8, 4) is 11.5 Å². The molecule has 1 aliphatic rings. The summed E-state index contributed by atoms with van der Waals surface area (Å²) in [6, 6.07) is 60.8. The van der Waals surface area contributed by atoms with Crippen LogP contribution in [0.1, 0.15) is 61.7 Å². The van der Waals surface area contributed by atoms with Gasteiger partial charge in [-0.25, -0.2) is 0 Å². The van der Waals surface area contributed by atoms with Crippen molar-refractivity contribution in [3.05, 3.63) is 238 Å². The van der Waals surface area contributed by atoms with Crippen LogP contribution in [0.15, 0.2) is 182 Å². The predicted octanol–water partition coefficient (Wildman–Crippen LogP) is 11.6. The highest BCUT2D eigenvalue weighted by molar-refractivity contribution is 5.47. The molecule has 1 N–H and O–H groups in total. The van der Waals surface area contributed by atoms with E-state index < -0.39 is 30.5 Å². The van der Waals surface area contributed by atoms with Crippen LogP contribution >= 0.6 is 0 Å². The summed E-state index contributed by atoms with van der Waals surface area (Å²) in [5.74, 6) is 0.952. The molecular formula is C56H56O7. The van der Waals surface area contributed by atoms with E-state index in [4.69, 9.17) is 28.4 Å². The van der Waals surface area contributed by atoms with Gasteiger partial charge in [0.25, 0.3) is 0 Å². The Bertz CT molecular complexity index is 2450. The Morgan fingerprint density at radius 3 is 1.44 bits per heavy atom. The first-order valence-corrected chi connectivity index (χ1v) is 21.8. The number of hydrogen-bond acceptors (Lipinski definition) is 7. The maximum Gasteiger partial charge on any atom is 0.126 e. The summed E-state index contributed by atoms with van der Waals surface area (Å²) in [6.07, 6.45) is -2.42. The third-order valence-corrected chi connectivity index (χ3v) is 11.6. The van der Waals surface area contributed by atoms with Crippen molar-refractivity contribution in [2.75, 3.05) is 6.61 Å². The number of phenols is 1. The van der Waals surface area contributed by atoms with Crippen LogP contribution in [-0.2, 0) is 63.1 Å². The van der Waals surface area contributed by atoms with Crippen LogP contribution in [0.5, 0.6) is 11.5 Å². The van der Waals surface area contributed by atoms with Crippen molar-refractivity contribution < 1.29 is 33.5 Å². The van der Waals surface area contributed by atoms with Gasteiger partial charge in [-0.05, 0) is 94.6 Å². The second-order valence-corrected chi connectivity index (χ2v) is 16.3. The Morgan fingerprint density at radius 2 is 0.921 bits per heavy atom. The summed E-state index contributed by atoms with van der Waals surface area (Å²) < 4.78 is 42.0. The third kappa shape index (κ3) is 11.9. The van der Waals surface area contributed by atoms with Crippen molar-refractivity contribution >= 4 is 0 Å². The molecule has 7 aromatic rings. The van der Waals surface area contributed by atoms with Crippen molar-refractivity contribution in [3.63, 3.8) is 0 Å². The second kappa shape index (κ2) is 21.8. The Labute approximate surface area is 371 Å². The van der Waals surface area contributed by atoms with Crippen LogP contribution in [0.25, 0.3) is 0 Å². The fraction of sp³-hybridized carbons (Fsp3) is 0.250. The van der Waals surface area contributed by atoms with E-state index >= 15 is 0 Å². The molecule has 7 nitrogen and oxygen atoms in total. The average molecular weight is 841 g/mol. The summed E-state index contributed by atoms with van der Waals surface area (Å²) in [4.78, 5) is 0. The normalized spacial score (nSPS) is 18.5. The maximum atomic E-state index is 10.3. The minimum absolute atomic E-state index is 0.243. The van der Waals surface area contributed by atoms with Gasteiger partial charge in [0.05, 0.1) is 33.0 Å². The molecule has 8 rings (SSSR count). The van der Waals surface area contributed by atoms with Crippen LogP contribution in [0.4, 0.5) is 0 Å². The lowest BCUT2D eigenvalue weighted by molar-refractivity contribution is -0.275. The molecule has 0 aliphatic carbocycles. The highest BCUT2D eigenvalue weighted by atomic mass is 16.6. The lowest BCUT2D eigenvalue weighted by Gasteiger charge is -2.46. The van der Waals surface area contributed by atoms with Gasteiger partial charge in [-0.15, -0.1) is 0 Å². The first-order valence-electron chi connectivity index (χ1n) is 21.8. The van der Waals surface area contributed by atoms with Crippen molar-refractivity contribution in [2.24, 2.45) is 0 Å². The van der Waals surface area contributed by atoms with Gasteiger partial charge in [0.1, 0.15) is 48.6 Å². The lowest BCUT2D eigenvalue weighted by Crippen LogP contribution is -2.58. The highest BCUT2D eigenvalue weighted by Gasteiger charge is 2.50. The van der Waals surface area contributed by atoms with Crippen LogP contribution in [-0.4, -0.2) is 36.1 Å². The number of aryl methyl sites for hydroxylation is 2. The number of aromatic hydroxyl groups is 1. The fourth-order valence-electron chi connectivity index (χ4n) is 8.14. The second-order valence-electron chi connectivity index (χ2n) is 16.3. The van der Waals surface area contributed by atoms with Gasteiger partial charge in [0.2, 0.25) is 0 Å². The number of ether oxygens (including phenoxy) is 6. The molecule has 7 aromatic carbocycles. The largest absolute Gasteiger partial charge is 0.508 e. The quantitative estimate of drug-likeness (QED) is 0.0869. The first-order chi connectivity index (χ1) is 31.0. The van der Waals surface area contributed by atoms with Crippen LogP contribution in [0.3, 0.4) is 0 Å². The molecule has 0 spiro atoms. The standard InChI is InChI=1S/C56H56O7/c1-40-30-49(57)29-28-47(40)32-48-33-50(51(31-41(48)2)59-35-43-20-10-4-11-21-43)53-55(61-37-45-24-14-6-15-25-45)56(62-38-46-26-16-7-17-27-46)54(60-36-44-22-12-5-13-23-44)52(63-53)39-58-34-42-18-8-3-9-19-42/h3-31,33,52-57H,32,34-39H2,1-2H3/t52-,53?,54-,55+,56+/m1/s1. The molecule has 0 aromatic heterocycles. The molecule has 7 heteroatoms. The van der Waals surface area contributed by atoms with E-state index in [0.717, 1.165) is 55.6 Å². The van der Waals surface area contributed by atoms with Gasteiger partial charge in [0, 0.05) is 5.56 Å². The Morgan fingerprint density at radius 1 is 0.460 bits per heavy atom. The summed E-state index contributed by atoms with van der Waals surface area (Å²) >= 11 is 0. The maximum absolute atomic E-state index is 10.3. The van der Waals surface area contributed by atoms with Crippen molar-refractivity contribution in [1.82, 2.24) is 0 Å². The molecule has 0 radical (unpaired) electrons. The van der Waals surface area contributed by atoms with Crippen molar-refractivity contribution in [1.29, 1.82) is 0 Å². The third-order valence-electron chi connectivity index (χ3n) is 11.6. The fourth-order valence-corrected chi connectivity index (χ4v) is 8.14. The number of benzene rings is 7. The number of hydrogen-bond donors (Lipinski definition) is 1. The van der Waals surface area contributed by atoms with Gasteiger partial charge >= 0.3 is 0 Å². The van der Waals surface area contributed by atoms with E-state index in [1.807, 2.05) is 110 Å². The number of phenolic OH excluding ortho intramolecular Hbond substituents is 1. The van der Waals surface area contributed by atoms with E-state index in [-0.39, 0.29) is 12.4 Å². The SMILES string of the molecule is Cc1cc(O)ccc1Cc1cc(C2O[C@H](COCc3ccccc3)[C@@H](OCc3ccccc3)[C@H](OCc3ccccc3)[C@H]2OCc2ccccc2)c(OCc2ccccc2)cc1C. The molecule has 322 valence electrons. The predicted molar refractivity (Wildman–Crippen MR) is 246 cm³/mol. The molecule has 1 unspecified atom stereocenters. The average Bonchev–Trinajstić information content (AvgIpc) is 3.32. The van der Waals surface area contributed by atoms with Crippen LogP contribution < -0.4 is 4.74 Å². The smallest absolute Gasteiger partial charge is 0.126 e. The van der Waals surface area contributed by atoms with E-state index in [2.05, 4.69) is 79.7 Å². The molecule has 0 saturated carbocycles. The zero-order chi connectivity index (χ0) is 43.2. The molecule has 1 aliphatic heterocycles. The van der Waals surface area contributed by atoms with Gasteiger partial charge < -0.3 is 33.5 Å². The summed E-state index contributed by atoms with van der Waals surface area (Å²) in [6.45, 7) is 6.17. The Hall–Kier alpha value is -6.06. The molecular weight excluding hydrogens is 785 g/mol. The molecule has 1 fully saturated rings. The van der Waals surface area contributed by atoms with Gasteiger partial charge in [-0.3, -0.25) is 0 Å². The Balaban J connectivity index is 1.24. The zero-order valence-electron chi connectivity index (χ0n) is 36.1. The van der Waals surface area contributed by atoms with Gasteiger partial charge in [-0.1, -0.05) is 158 Å². The van der Waals surface area contributed by atoms with Crippen LogP contribution in [0.2, 0.25) is 0 Å². The van der Waals surface area contributed by atoms with Crippen molar-refractivity contribution in [2.45, 2.75) is 83.8 Å². The van der Waals surface area contributed by atoms with Crippen LogP contribution in [0, 0.1) is 13.8 Å². The first kappa shape index (κ1) is 43.6. The summed E-state index contributed by atoms with van der Waals surface area (Å²) in [7, 11) is 0. The summed E-state index contributed by atoms with van der Waals surface area (Å²) in [5.41, 5.74) is 10.4. The Kier molecular flexibility index (Phi) is 15.1. The zero-order valence-corrected chi connectivity index (χ0v) is 36.1. The molecule has 1 heterocycles. The van der Waals surface area contributed by atoms with E-state index in [1.165, 1.54) is 0 Å². The minimum Gasteiger partial charge on any atom is -0.508 e. The topological polar surface area (TPSA) is 75.6 Å². The molecule has 5 atom stereocenters. The minimum atomic E-state index is -0.664. The lowest BCUT2D eigenvalue weighted by atomic mass is 9.87. The van der Waals surface area contributed by atoms with E-state index in [0.29, 0.717) is 45.2 Å². The molecule has 1 saturated heterocycles. The monoisotopic (exact) mass is 840 g/mol. The van der Waals surface area contributed by atoms with E-state index in [1.54, 1.807) is 6.07 Å². The highest BCUT2D eigenvalue weighted by Crippen LogP contribution is 2.43. The summed E-state index contributed by atoms with van der Waals surface area (Å²) in [5, 5.41) is 10.3. The van der Waals surface area contributed by atoms with Gasteiger partial charge in [-0.2, -0.15) is 0 Å². The molecule has 0 bridgehead atoms. The van der Waals surface area contributed by atoms with E-state index in [9.17, 15) is 5.11 Å². The molecule has 0 amide bonds.